The molecule has 296 valence electrons. The van der Waals surface area contributed by atoms with Crippen molar-refractivity contribution in [3.8, 4) is 44.8 Å². The van der Waals surface area contributed by atoms with Crippen LogP contribution in [0.5, 0.6) is 0 Å². The summed E-state index contributed by atoms with van der Waals surface area (Å²) in [7, 11) is 0. The molecular formula is C60H41N3. The SMILES string of the molecule is c1ccc(-c2ccc(N(c3ccc(-c4ccccc4)cc3)c3ccc4c5cc(-c6ccc7c(c6)c6ccccc6n7-c6ccccc6)ccc5n(-c5ccccc5)c4c3)cc2)cc1. The summed E-state index contributed by atoms with van der Waals surface area (Å²) < 4.78 is 4.80. The van der Waals surface area contributed by atoms with Crippen LogP contribution in [0.2, 0.25) is 0 Å². The number of rotatable bonds is 8. The van der Waals surface area contributed by atoms with Gasteiger partial charge in [-0.2, -0.15) is 0 Å². The molecule has 3 heteroatoms. The van der Waals surface area contributed by atoms with Gasteiger partial charge < -0.3 is 14.0 Å². The number of hydrogen-bond acceptors (Lipinski definition) is 1. The highest BCUT2D eigenvalue weighted by molar-refractivity contribution is 6.13. The van der Waals surface area contributed by atoms with Gasteiger partial charge in [-0.25, -0.2) is 0 Å². The number of fused-ring (bicyclic) bond motifs is 6. The van der Waals surface area contributed by atoms with Gasteiger partial charge in [-0.3, -0.25) is 0 Å². The van der Waals surface area contributed by atoms with Crippen molar-refractivity contribution >= 4 is 60.7 Å². The standard InChI is InChI=1S/C60H41N3/c1-5-15-42(16-6-1)44-25-31-50(32-26-44)61(51-33-27-45(28-34-51)43-17-7-2-8-18-43)52-35-36-54-56-40-47(30-38-59(56)63(60(54)41-52)49-21-11-4-12-22-49)46-29-37-58-55(39-46)53-23-13-14-24-57(53)62(58)48-19-9-3-10-20-48/h1-41H. The number of hydrogen-bond donors (Lipinski definition) is 0. The van der Waals surface area contributed by atoms with Gasteiger partial charge in [-0.1, -0.05) is 158 Å². The molecule has 0 spiro atoms. The zero-order chi connectivity index (χ0) is 41.7. The fraction of sp³-hybridized carbons (Fsp3) is 0. The van der Waals surface area contributed by atoms with Crippen LogP contribution >= 0.6 is 0 Å². The highest BCUT2D eigenvalue weighted by atomic mass is 15.1. The molecule has 10 aromatic carbocycles. The van der Waals surface area contributed by atoms with E-state index in [9.17, 15) is 0 Å². The predicted octanol–water partition coefficient (Wildman–Crippen LogP) is 16.4. The Balaban J connectivity index is 1.02. The molecule has 2 heterocycles. The lowest BCUT2D eigenvalue weighted by atomic mass is 10.0. The average molecular weight is 804 g/mol. The van der Waals surface area contributed by atoms with Crippen molar-refractivity contribution in [2.75, 3.05) is 4.90 Å². The maximum Gasteiger partial charge on any atom is 0.0561 e. The van der Waals surface area contributed by atoms with Gasteiger partial charge in [0.2, 0.25) is 0 Å². The summed E-state index contributed by atoms with van der Waals surface area (Å²) in [5.74, 6) is 0. The molecular weight excluding hydrogens is 763 g/mol. The van der Waals surface area contributed by atoms with Crippen LogP contribution in [0, 0.1) is 0 Å². The van der Waals surface area contributed by atoms with Crippen molar-refractivity contribution in [1.82, 2.24) is 9.13 Å². The number of anilines is 3. The molecule has 0 saturated carbocycles. The molecule has 0 saturated heterocycles. The minimum Gasteiger partial charge on any atom is -0.310 e. The summed E-state index contributed by atoms with van der Waals surface area (Å²) in [4.78, 5) is 2.38. The molecule has 0 aliphatic carbocycles. The quantitative estimate of drug-likeness (QED) is 0.149. The van der Waals surface area contributed by atoms with E-state index in [0.29, 0.717) is 0 Å². The Bertz CT molecular complexity index is 3490. The van der Waals surface area contributed by atoms with E-state index in [2.05, 4.69) is 263 Å². The average Bonchev–Trinajstić information content (AvgIpc) is 3.87. The first-order valence-electron chi connectivity index (χ1n) is 21.6. The predicted molar refractivity (Wildman–Crippen MR) is 266 cm³/mol. The fourth-order valence-electron chi connectivity index (χ4n) is 9.51. The van der Waals surface area contributed by atoms with Gasteiger partial charge in [0.15, 0.2) is 0 Å². The van der Waals surface area contributed by atoms with Crippen LogP contribution < -0.4 is 4.90 Å². The Morgan fingerprint density at radius 2 is 0.587 bits per heavy atom. The lowest BCUT2D eigenvalue weighted by molar-refractivity contribution is 1.18. The molecule has 2 aromatic heterocycles. The molecule has 0 amide bonds. The van der Waals surface area contributed by atoms with Crippen molar-refractivity contribution in [2.45, 2.75) is 0 Å². The van der Waals surface area contributed by atoms with Gasteiger partial charge in [-0.15, -0.1) is 0 Å². The molecule has 12 aromatic rings. The largest absolute Gasteiger partial charge is 0.310 e. The van der Waals surface area contributed by atoms with Crippen LogP contribution in [0.15, 0.2) is 249 Å². The molecule has 12 rings (SSSR count). The number of nitrogens with zero attached hydrogens (tertiary/aromatic N) is 3. The fourth-order valence-corrected chi connectivity index (χ4v) is 9.51. The molecule has 0 N–H and O–H groups in total. The minimum absolute atomic E-state index is 1.09. The zero-order valence-corrected chi connectivity index (χ0v) is 34.5. The van der Waals surface area contributed by atoms with Crippen molar-refractivity contribution in [2.24, 2.45) is 0 Å². The van der Waals surface area contributed by atoms with Gasteiger partial charge in [0.05, 0.1) is 22.1 Å². The summed E-state index contributed by atoms with van der Waals surface area (Å²) in [6.45, 7) is 0. The van der Waals surface area contributed by atoms with E-state index < -0.39 is 0 Å². The number of para-hydroxylation sites is 3. The highest BCUT2D eigenvalue weighted by Gasteiger charge is 2.20. The lowest BCUT2D eigenvalue weighted by Gasteiger charge is -2.26. The zero-order valence-electron chi connectivity index (χ0n) is 34.5. The summed E-state index contributed by atoms with van der Waals surface area (Å²) in [5, 5.41) is 4.93. The summed E-state index contributed by atoms with van der Waals surface area (Å²) in [6.07, 6.45) is 0. The number of aromatic nitrogens is 2. The topological polar surface area (TPSA) is 13.1 Å². The van der Waals surface area contributed by atoms with Gasteiger partial charge in [0.25, 0.3) is 0 Å². The van der Waals surface area contributed by atoms with Crippen LogP contribution in [-0.2, 0) is 0 Å². The molecule has 0 aliphatic heterocycles. The first kappa shape index (κ1) is 36.5. The highest BCUT2D eigenvalue weighted by Crippen LogP contribution is 2.42. The third-order valence-corrected chi connectivity index (χ3v) is 12.5. The van der Waals surface area contributed by atoms with Crippen molar-refractivity contribution < 1.29 is 0 Å². The van der Waals surface area contributed by atoms with Gasteiger partial charge >= 0.3 is 0 Å². The Morgan fingerprint density at radius 1 is 0.222 bits per heavy atom. The first-order valence-corrected chi connectivity index (χ1v) is 21.6. The lowest BCUT2D eigenvalue weighted by Crippen LogP contribution is -2.10. The molecule has 0 fully saturated rings. The second-order valence-corrected chi connectivity index (χ2v) is 16.2. The third kappa shape index (κ3) is 6.38. The van der Waals surface area contributed by atoms with E-state index in [-0.39, 0.29) is 0 Å². The number of benzene rings is 10. The van der Waals surface area contributed by atoms with Crippen molar-refractivity contribution in [3.63, 3.8) is 0 Å². The third-order valence-electron chi connectivity index (χ3n) is 12.5. The molecule has 0 atom stereocenters. The van der Waals surface area contributed by atoms with Crippen LogP contribution in [-0.4, -0.2) is 9.13 Å². The Labute approximate surface area is 366 Å². The summed E-state index contributed by atoms with van der Waals surface area (Å²) in [5.41, 5.74) is 17.5. The Morgan fingerprint density at radius 3 is 1.10 bits per heavy atom. The van der Waals surface area contributed by atoms with E-state index in [1.165, 1.54) is 71.5 Å². The van der Waals surface area contributed by atoms with Crippen LogP contribution in [0.3, 0.4) is 0 Å². The molecule has 0 aliphatic rings. The maximum atomic E-state index is 2.42. The first-order chi connectivity index (χ1) is 31.2. The smallest absolute Gasteiger partial charge is 0.0561 e. The molecule has 63 heavy (non-hydrogen) atoms. The van der Waals surface area contributed by atoms with Gasteiger partial charge in [-0.05, 0) is 124 Å². The second-order valence-electron chi connectivity index (χ2n) is 16.2. The normalized spacial score (nSPS) is 11.5. The Kier molecular flexibility index (Phi) is 8.83. The van der Waals surface area contributed by atoms with Crippen LogP contribution in [0.4, 0.5) is 17.1 Å². The van der Waals surface area contributed by atoms with E-state index in [1.807, 2.05) is 0 Å². The molecule has 0 bridgehead atoms. The maximum absolute atomic E-state index is 2.42. The van der Waals surface area contributed by atoms with Crippen molar-refractivity contribution in [1.29, 1.82) is 0 Å². The monoisotopic (exact) mass is 803 g/mol. The summed E-state index contributed by atoms with van der Waals surface area (Å²) >= 11 is 0. The van der Waals surface area contributed by atoms with Crippen LogP contribution in [0.25, 0.3) is 88.4 Å². The van der Waals surface area contributed by atoms with Crippen molar-refractivity contribution in [3.05, 3.63) is 249 Å². The molecule has 0 radical (unpaired) electrons. The molecule has 0 unspecified atom stereocenters. The Hall–Kier alpha value is -8.40. The summed E-state index contributed by atoms with van der Waals surface area (Å²) in [6, 6.07) is 90.1. The second kappa shape index (κ2) is 15.3. The van der Waals surface area contributed by atoms with E-state index in [0.717, 1.165) is 34.0 Å². The van der Waals surface area contributed by atoms with E-state index in [1.54, 1.807) is 0 Å². The van der Waals surface area contributed by atoms with Crippen LogP contribution in [0.1, 0.15) is 0 Å². The molecule has 3 nitrogen and oxygen atoms in total. The minimum atomic E-state index is 1.09. The van der Waals surface area contributed by atoms with Gasteiger partial charge in [0, 0.05) is 50.0 Å². The van der Waals surface area contributed by atoms with E-state index >= 15 is 0 Å². The van der Waals surface area contributed by atoms with Gasteiger partial charge in [0.1, 0.15) is 0 Å². The van der Waals surface area contributed by atoms with E-state index in [4.69, 9.17) is 0 Å².